The highest BCUT2D eigenvalue weighted by molar-refractivity contribution is 6.22. The summed E-state index contributed by atoms with van der Waals surface area (Å²) in [5.41, 5.74) is -4.72. The molecule has 0 radical (unpaired) electrons. The van der Waals surface area contributed by atoms with Crippen LogP contribution in [0.25, 0.3) is 0 Å². The SMILES string of the molecule is CCN1C[C@@]2(COC(=O)c3ccccc3N3C(=O)C[C@@H](C)C3=O)CC[C@@H](OC)[C@@]34C1[C@@](O)([C@@H](OC)[C@@H]23)[C@]1(O)C[C@@H](OC)[C@@H]2C[C@H]4[C@H]1[C@@H]2OC(C)=O. The van der Waals surface area contributed by atoms with Crippen molar-refractivity contribution in [1.82, 2.24) is 4.90 Å². The van der Waals surface area contributed by atoms with Crippen LogP contribution < -0.4 is 4.90 Å². The quantitative estimate of drug-likeness (QED) is 0.284. The molecule has 8 rings (SSSR count). The molecule has 51 heavy (non-hydrogen) atoms. The van der Waals surface area contributed by atoms with E-state index in [1.165, 1.54) is 6.92 Å². The van der Waals surface area contributed by atoms with Gasteiger partial charge < -0.3 is 33.9 Å². The molecule has 1 aromatic rings. The summed E-state index contributed by atoms with van der Waals surface area (Å²) < 4.78 is 31.1. The van der Waals surface area contributed by atoms with E-state index in [-0.39, 0.29) is 60.5 Å². The molecular formula is C38H50N2O11. The Labute approximate surface area is 297 Å². The molecule has 0 aromatic heterocycles. The number of para-hydroxylation sites is 1. The van der Waals surface area contributed by atoms with Gasteiger partial charge >= 0.3 is 11.9 Å². The number of aliphatic hydroxyl groups is 2. The van der Waals surface area contributed by atoms with E-state index in [2.05, 4.69) is 4.90 Å². The molecule has 5 aliphatic carbocycles. The standard InChI is InChI=1S/C38H50N2O11/c1-7-39-17-35(18-50-33(44)21-10-8-9-11-24(21)40-27(42)14-19(2)32(40)43)13-12-26(48-5)37-23-15-22-25(47-4)16-36(45,28(23)29(22)51-20(3)41)38(46,34(37)39)31(49-6)30(35)37/h8-11,19,22-23,25-26,28-31,34,45-46H,7,12-18H2,1-6H3/t19-,22+,23+,25-,26-,28+,29-,30+,31+,34?,35-,36+,37-,38+/m1/s1. The number of esters is 2. The summed E-state index contributed by atoms with van der Waals surface area (Å²) in [6, 6.07) is 5.95. The second kappa shape index (κ2) is 11.8. The summed E-state index contributed by atoms with van der Waals surface area (Å²) in [6.45, 7) is 6.10. The van der Waals surface area contributed by atoms with E-state index in [1.807, 2.05) is 6.92 Å². The molecule has 1 spiro atoms. The van der Waals surface area contributed by atoms with Crippen molar-refractivity contribution < 1.29 is 53.1 Å². The number of hydrogen-bond acceptors (Lipinski definition) is 12. The minimum Gasteiger partial charge on any atom is -0.462 e. The maximum atomic E-state index is 14.1. The van der Waals surface area contributed by atoms with Crippen molar-refractivity contribution in [2.75, 3.05) is 45.9 Å². The Morgan fingerprint density at radius 3 is 2.43 bits per heavy atom. The highest BCUT2D eigenvalue weighted by Gasteiger charge is 2.92. The molecule has 1 aromatic carbocycles. The molecule has 2 N–H and O–H groups in total. The number of rotatable bonds is 9. The van der Waals surface area contributed by atoms with Crippen molar-refractivity contribution in [3.63, 3.8) is 0 Å². The maximum Gasteiger partial charge on any atom is 0.340 e. The van der Waals surface area contributed by atoms with Crippen molar-refractivity contribution >= 4 is 29.4 Å². The van der Waals surface area contributed by atoms with Crippen LogP contribution in [0.15, 0.2) is 24.3 Å². The normalized spacial score (nSPS) is 46.4. The summed E-state index contributed by atoms with van der Waals surface area (Å²) >= 11 is 0. The number of piperidine rings is 1. The van der Waals surface area contributed by atoms with Gasteiger partial charge in [-0.05, 0) is 43.9 Å². The van der Waals surface area contributed by atoms with Crippen molar-refractivity contribution in [1.29, 1.82) is 0 Å². The monoisotopic (exact) mass is 710 g/mol. The molecule has 2 aliphatic heterocycles. The van der Waals surface area contributed by atoms with E-state index >= 15 is 0 Å². The molecule has 5 saturated carbocycles. The minimum atomic E-state index is -1.82. The zero-order valence-corrected chi connectivity index (χ0v) is 30.2. The van der Waals surface area contributed by atoms with Gasteiger partial charge in [-0.3, -0.25) is 19.3 Å². The van der Waals surface area contributed by atoms with Crippen LogP contribution in [0.5, 0.6) is 0 Å². The second-order valence-electron chi connectivity index (χ2n) is 16.3. The largest absolute Gasteiger partial charge is 0.462 e. The topological polar surface area (TPSA) is 161 Å². The van der Waals surface area contributed by atoms with Crippen LogP contribution >= 0.6 is 0 Å². The van der Waals surface area contributed by atoms with Gasteiger partial charge in [-0.2, -0.15) is 0 Å². The van der Waals surface area contributed by atoms with Gasteiger partial charge in [0.25, 0.3) is 0 Å². The molecule has 1 unspecified atom stereocenters. The van der Waals surface area contributed by atoms with Gasteiger partial charge in [0.05, 0.1) is 42.2 Å². The average molecular weight is 711 g/mol. The Balaban J connectivity index is 1.24. The molecule has 278 valence electrons. The number of methoxy groups -OCH3 is 3. The fourth-order valence-electron chi connectivity index (χ4n) is 13.2. The van der Waals surface area contributed by atoms with Crippen LogP contribution in [0.2, 0.25) is 0 Å². The summed E-state index contributed by atoms with van der Waals surface area (Å²) in [5.74, 6) is -3.74. The van der Waals surface area contributed by atoms with Crippen LogP contribution in [-0.2, 0) is 38.1 Å². The van der Waals surface area contributed by atoms with E-state index in [1.54, 1.807) is 52.5 Å². The smallest absolute Gasteiger partial charge is 0.340 e. The van der Waals surface area contributed by atoms with Crippen LogP contribution in [0.3, 0.4) is 0 Å². The number of amides is 2. The Bertz CT molecular complexity index is 1650. The molecule has 7 bridgehead atoms. The predicted molar refractivity (Wildman–Crippen MR) is 179 cm³/mol. The predicted octanol–water partition coefficient (Wildman–Crippen LogP) is 1.95. The highest BCUT2D eigenvalue weighted by atomic mass is 16.6. The van der Waals surface area contributed by atoms with Crippen LogP contribution in [0, 0.1) is 40.4 Å². The van der Waals surface area contributed by atoms with Gasteiger partial charge in [-0.1, -0.05) is 26.0 Å². The van der Waals surface area contributed by atoms with E-state index in [4.69, 9.17) is 23.7 Å². The number of carbonyl (C=O) groups excluding carboxylic acids is 4. The number of carbonyl (C=O) groups is 4. The van der Waals surface area contributed by atoms with Gasteiger partial charge in [-0.25, -0.2) is 9.69 Å². The highest BCUT2D eigenvalue weighted by Crippen LogP contribution is 2.80. The Hall–Kier alpha value is -2.94. The minimum absolute atomic E-state index is 0.0201. The van der Waals surface area contributed by atoms with Gasteiger partial charge in [0.1, 0.15) is 17.3 Å². The lowest BCUT2D eigenvalue weighted by Gasteiger charge is -2.70. The molecule has 13 nitrogen and oxygen atoms in total. The summed E-state index contributed by atoms with van der Waals surface area (Å²) in [6.07, 6.45) is -0.303. The molecule has 7 aliphatic rings. The number of fused-ring (bicyclic) bond motifs is 2. The number of nitrogens with zero attached hydrogens (tertiary/aromatic N) is 2. The van der Waals surface area contributed by atoms with Crippen LogP contribution in [-0.4, -0.2) is 122 Å². The number of ether oxygens (including phenoxy) is 5. The van der Waals surface area contributed by atoms with Gasteiger partial charge in [0.15, 0.2) is 0 Å². The number of benzene rings is 1. The number of anilines is 1. The Morgan fingerprint density at radius 2 is 1.80 bits per heavy atom. The zero-order valence-electron chi connectivity index (χ0n) is 30.2. The number of likely N-dealkylation sites (tertiary alicyclic amines) is 1. The molecular weight excluding hydrogens is 660 g/mol. The van der Waals surface area contributed by atoms with E-state index in [0.29, 0.717) is 32.4 Å². The van der Waals surface area contributed by atoms with Crippen LogP contribution in [0.1, 0.15) is 63.2 Å². The van der Waals surface area contributed by atoms with Crippen molar-refractivity contribution in [2.45, 2.75) is 94.5 Å². The lowest BCUT2D eigenvalue weighted by molar-refractivity contribution is -0.319. The number of hydrogen-bond donors (Lipinski definition) is 2. The van der Waals surface area contributed by atoms with E-state index < -0.39 is 76.1 Å². The van der Waals surface area contributed by atoms with Crippen molar-refractivity contribution in [3.8, 4) is 0 Å². The molecule has 2 saturated heterocycles. The van der Waals surface area contributed by atoms with Gasteiger partial charge in [0.2, 0.25) is 11.8 Å². The van der Waals surface area contributed by atoms with Crippen molar-refractivity contribution in [3.05, 3.63) is 29.8 Å². The zero-order chi connectivity index (χ0) is 36.4. The van der Waals surface area contributed by atoms with E-state index in [0.717, 1.165) is 4.90 Å². The maximum absolute atomic E-state index is 14.1. The van der Waals surface area contributed by atoms with E-state index in [9.17, 15) is 29.4 Å². The molecule has 13 heteroatoms. The first-order valence-electron chi connectivity index (χ1n) is 18.4. The molecule has 7 fully saturated rings. The van der Waals surface area contributed by atoms with Crippen molar-refractivity contribution in [2.24, 2.45) is 40.4 Å². The molecule has 2 amide bonds. The molecule has 14 atom stereocenters. The Morgan fingerprint density at radius 1 is 1.06 bits per heavy atom. The first-order chi connectivity index (χ1) is 24.3. The number of imide groups is 1. The first kappa shape index (κ1) is 35.1. The lowest BCUT2D eigenvalue weighted by Crippen LogP contribution is -2.82. The second-order valence-corrected chi connectivity index (χ2v) is 16.3. The first-order valence-corrected chi connectivity index (χ1v) is 18.4. The van der Waals surface area contributed by atoms with Crippen LogP contribution in [0.4, 0.5) is 5.69 Å². The fraction of sp³-hybridized carbons (Fsp3) is 0.737. The van der Waals surface area contributed by atoms with Gasteiger partial charge in [0, 0.05) is 82.1 Å². The average Bonchev–Trinajstić information content (AvgIpc) is 3.61. The summed E-state index contributed by atoms with van der Waals surface area (Å²) in [4.78, 5) is 55.9. The third-order valence-corrected chi connectivity index (χ3v) is 14.6. The lowest BCUT2D eigenvalue weighted by atomic mass is 9.42. The third-order valence-electron chi connectivity index (χ3n) is 14.6. The molecule has 2 heterocycles. The fourth-order valence-corrected chi connectivity index (χ4v) is 13.2. The summed E-state index contributed by atoms with van der Waals surface area (Å²) in [7, 11) is 4.85. The third kappa shape index (κ3) is 4.19. The summed E-state index contributed by atoms with van der Waals surface area (Å²) in [5, 5.41) is 26.7. The Kier molecular flexibility index (Phi) is 8.11. The van der Waals surface area contributed by atoms with Gasteiger partial charge in [-0.15, -0.1) is 0 Å². The number of likely N-dealkylation sites (N-methyl/N-ethyl adjacent to an activating group) is 1.